The zero-order valence-corrected chi connectivity index (χ0v) is 15.6. The molecular formula is C16H19N3O7S. The quantitative estimate of drug-likeness (QED) is 0.627. The summed E-state index contributed by atoms with van der Waals surface area (Å²) in [4.78, 5) is 40.1. The number of hydrogen-bond acceptors (Lipinski definition) is 8. The van der Waals surface area contributed by atoms with Gasteiger partial charge in [-0.1, -0.05) is 30.3 Å². The van der Waals surface area contributed by atoms with Crippen LogP contribution in [0.4, 0.5) is 0 Å². The molecule has 3 rings (SSSR count). The lowest BCUT2D eigenvalue weighted by atomic mass is 10.1. The summed E-state index contributed by atoms with van der Waals surface area (Å²) >= 11 is 0. The predicted octanol–water partition coefficient (Wildman–Crippen LogP) is -1.02. The summed E-state index contributed by atoms with van der Waals surface area (Å²) < 4.78 is 32.9. The third-order valence-corrected chi connectivity index (χ3v) is 5.28. The Bertz CT molecular complexity index is 871. The molecule has 0 saturated carbocycles. The van der Waals surface area contributed by atoms with Crippen molar-refractivity contribution in [3.8, 4) is 0 Å². The van der Waals surface area contributed by atoms with E-state index in [4.69, 9.17) is 4.18 Å². The largest absolute Gasteiger partial charge is 0.402 e. The maximum Gasteiger partial charge on any atom is 0.402 e. The van der Waals surface area contributed by atoms with Gasteiger partial charge in [0.1, 0.15) is 6.61 Å². The van der Waals surface area contributed by atoms with Gasteiger partial charge < -0.3 is 5.32 Å². The van der Waals surface area contributed by atoms with Gasteiger partial charge in [-0.15, -0.1) is 0 Å². The summed E-state index contributed by atoms with van der Waals surface area (Å²) in [6, 6.07) is 8.03. The lowest BCUT2D eigenvalue weighted by Gasteiger charge is -2.32. The molecule has 1 N–H and O–H groups in total. The molecule has 2 aliphatic rings. The third-order valence-electron chi connectivity index (χ3n) is 4.40. The molecular weight excluding hydrogens is 378 g/mol. The molecule has 11 heteroatoms. The fraction of sp³-hybridized carbons (Fsp3) is 0.438. The van der Waals surface area contributed by atoms with Crippen LogP contribution in [0.2, 0.25) is 0 Å². The third kappa shape index (κ3) is 3.58. The molecule has 0 bridgehead atoms. The summed E-state index contributed by atoms with van der Waals surface area (Å²) in [6.45, 7) is -0.744. The van der Waals surface area contributed by atoms with Crippen molar-refractivity contribution in [3.63, 3.8) is 0 Å². The number of imide groups is 1. The van der Waals surface area contributed by atoms with E-state index in [1.807, 2.05) is 0 Å². The van der Waals surface area contributed by atoms with Crippen molar-refractivity contribution in [2.24, 2.45) is 0 Å². The number of amides is 3. The van der Waals surface area contributed by atoms with E-state index in [0.29, 0.717) is 4.90 Å². The topological polar surface area (TPSA) is 122 Å². The normalized spacial score (nSPS) is 27.4. The molecule has 2 aliphatic heterocycles. The van der Waals surface area contributed by atoms with E-state index >= 15 is 0 Å². The first-order valence-electron chi connectivity index (χ1n) is 8.12. The maximum atomic E-state index is 12.8. The monoisotopic (exact) mass is 397 g/mol. The molecule has 0 unspecified atom stereocenters. The highest BCUT2D eigenvalue weighted by atomic mass is 32.3. The zero-order valence-electron chi connectivity index (χ0n) is 14.7. The van der Waals surface area contributed by atoms with Crippen LogP contribution in [0.15, 0.2) is 30.3 Å². The van der Waals surface area contributed by atoms with E-state index < -0.39 is 46.5 Å². The lowest BCUT2D eigenvalue weighted by molar-refractivity contribution is -0.170. The second-order valence-corrected chi connectivity index (χ2v) is 7.68. The molecule has 0 spiro atoms. The van der Waals surface area contributed by atoms with E-state index in [2.05, 4.69) is 9.50 Å². The summed E-state index contributed by atoms with van der Waals surface area (Å²) in [5.41, 5.74) is -1.65. The molecule has 2 fully saturated rings. The number of likely N-dealkylation sites (tertiary alicyclic amines) is 1. The fourth-order valence-electron chi connectivity index (χ4n) is 2.99. The van der Waals surface area contributed by atoms with Crippen LogP contribution in [-0.4, -0.2) is 68.4 Å². The number of carbonyl (C=O) groups excluding carboxylic acids is 3. The minimum atomic E-state index is -4.52. The van der Waals surface area contributed by atoms with E-state index in [-0.39, 0.29) is 13.0 Å². The number of benzene rings is 1. The summed E-state index contributed by atoms with van der Waals surface area (Å²) in [6.07, 6.45) is -0.192. The highest BCUT2D eigenvalue weighted by Gasteiger charge is 2.62. The molecule has 27 heavy (non-hydrogen) atoms. The number of carbonyl (C=O) groups is 3. The molecule has 1 aromatic carbocycles. The Morgan fingerprint density at radius 3 is 2.48 bits per heavy atom. The Morgan fingerprint density at radius 2 is 1.96 bits per heavy atom. The molecule has 0 radical (unpaired) electrons. The van der Waals surface area contributed by atoms with Crippen LogP contribution >= 0.6 is 0 Å². The molecule has 2 saturated heterocycles. The van der Waals surface area contributed by atoms with Crippen LogP contribution in [0, 0.1) is 0 Å². The summed E-state index contributed by atoms with van der Waals surface area (Å²) in [5, 5.41) is 2.51. The number of rotatable bonds is 5. The first-order valence-corrected chi connectivity index (χ1v) is 9.45. The minimum Gasteiger partial charge on any atom is -0.348 e. The van der Waals surface area contributed by atoms with Crippen molar-refractivity contribution >= 4 is 28.1 Å². The van der Waals surface area contributed by atoms with Gasteiger partial charge in [0.15, 0.2) is 0 Å². The number of hydrogen-bond donors (Lipinski definition) is 1. The van der Waals surface area contributed by atoms with Gasteiger partial charge in [-0.3, -0.25) is 19.3 Å². The molecule has 0 aromatic heterocycles. The number of nitrogens with one attached hydrogen (secondary N) is 1. The van der Waals surface area contributed by atoms with Gasteiger partial charge in [0.05, 0.1) is 12.5 Å². The van der Waals surface area contributed by atoms with Crippen LogP contribution in [-0.2, 0) is 39.7 Å². The Balaban J connectivity index is 1.90. The fourth-order valence-corrected chi connectivity index (χ4v) is 3.88. The maximum absolute atomic E-state index is 12.8. The first kappa shape index (κ1) is 19.4. The number of likely N-dealkylation sites (N-methyl/N-ethyl adjacent to an activating group) is 1. The highest BCUT2D eigenvalue weighted by Crippen LogP contribution is 2.34. The minimum absolute atomic E-state index is 0.0537. The summed E-state index contributed by atoms with van der Waals surface area (Å²) in [7, 11) is -1.32. The second-order valence-electron chi connectivity index (χ2n) is 6.46. The number of nitrogens with zero attached hydrogens (tertiary/aromatic N) is 2. The molecule has 1 aromatic rings. The van der Waals surface area contributed by atoms with E-state index in [0.717, 1.165) is 5.56 Å². The van der Waals surface area contributed by atoms with Gasteiger partial charge in [0.25, 0.3) is 11.6 Å². The molecule has 3 amide bonds. The van der Waals surface area contributed by atoms with Gasteiger partial charge >= 0.3 is 10.4 Å². The molecule has 146 valence electrons. The van der Waals surface area contributed by atoms with Crippen molar-refractivity contribution in [2.45, 2.75) is 24.7 Å². The van der Waals surface area contributed by atoms with Gasteiger partial charge in [0.2, 0.25) is 11.8 Å². The Labute approximate surface area is 156 Å². The first-order chi connectivity index (χ1) is 12.7. The van der Waals surface area contributed by atoms with Crippen molar-refractivity contribution < 1.29 is 31.2 Å². The predicted molar refractivity (Wildman–Crippen MR) is 90.9 cm³/mol. The van der Waals surface area contributed by atoms with Crippen molar-refractivity contribution in [2.75, 3.05) is 20.7 Å². The van der Waals surface area contributed by atoms with E-state index in [1.54, 1.807) is 44.4 Å². The smallest absolute Gasteiger partial charge is 0.348 e. The van der Waals surface area contributed by atoms with Crippen molar-refractivity contribution in [1.29, 1.82) is 0 Å². The second kappa shape index (κ2) is 7.00. The Morgan fingerprint density at radius 1 is 1.30 bits per heavy atom. The summed E-state index contributed by atoms with van der Waals surface area (Å²) in [5.74, 6) is -2.39. The van der Waals surface area contributed by atoms with Crippen molar-refractivity contribution in [1.82, 2.24) is 15.1 Å². The zero-order chi connectivity index (χ0) is 19.8. The lowest BCUT2D eigenvalue weighted by Crippen LogP contribution is -2.63. The van der Waals surface area contributed by atoms with Crippen molar-refractivity contribution in [3.05, 3.63) is 35.9 Å². The molecule has 10 nitrogen and oxygen atoms in total. The Hall–Kier alpha value is -2.34. The van der Waals surface area contributed by atoms with Gasteiger partial charge in [-0.2, -0.15) is 8.42 Å². The molecule has 2 heterocycles. The van der Waals surface area contributed by atoms with Gasteiger partial charge in [-0.05, 0) is 19.7 Å². The van der Waals surface area contributed by atoms with Crippen LogP contribution < -0.4 is 5.32 Å². The van der Waals surface area contributed by atoms with Gasteiger partial charge in [0, 0.05) is 6.54 Å². The van der Waals surface area contributed by atoms with E-state index in [1.165, 1.54) is 4.90 Å². The molecule has 0 aliphatic carbocycles. The molecule has 2 atom stereocenters. The van der Waals surface area contributed by atoms with Crippen LogP contribution in [0.5, 0.6) is 0 Å². The van der Waals surface area contributed by atoms with Crippen LogP contribution in [0.25, 0.3) is 0 Å². The highest BCUT2D eigenvalue weighted by molar-refractivity contribution is 7.82. The van der Waals surface area contributed by atoms with Gasteiger partial charge in [-0.25, -0.2) is 13.3 Å². The Kier molecular flexibility index (Phi) is 5.04. The average molecular weight is 397 g/mol. The average Bonchev–Trinajstić information content (AvgIpc) is 3.10. The van der Waals surface area contributed by atoms with Crippen LogP contribution in [0.3, 0.4) is 0 Å². The van der Waals surface area contributed by atoms with Crippen LogP contribution in [0.1, 0.15) is 12.0 Å². The van der Waals surface area contributed by atoms with E-state index in [9.17, 15) is 22.8 Å². The SMILES string of the molecule is CN(C)[C@@H]1CC(=O)N([C@]2(C(=O)NCc3ccccc3)COS(=O)(=O)O2)C1=O. The standard InChI is InChI=1S/C16H19N3O7S/c1-18(2)12-8-13(20)19(14(12)21)16(10-25-27(23,24)26-16)15(22)17-9-11-6-4-3-5-7-11/h3-7,12H,8-10H2,1-2H3,(H,17,22)/t12-,16-/m1/s1.